The molecule has 1 atom stereocenters. The highest BCUT2D eigenvalue weighted by molar-refractivity contribution is 7.15. The van der Waals surface area contributed by atoms with Crippen LogP contribution in [0.3, 0.4) is 0 Å². The standard InChI is InChI=1S/C17H27N7S/c1-3-15-19-21-17(25-15)24-10-6-7-13(11-24)16-20-18-14(22(16)2)12-23-8-4-5-9-23/h13H,3-12H2,1-2H3/t13-/m1/s1. The van der Waals surface area contributed by atoms with Gasteiger partial charge in [0.25, 0.3) is 0 Å². The molecule has 2 aromatic rings. The highest BCUT2D eigenvalue weighted by atomic mass is 32.1. The molecule has 2 aliphatic heterocycles. The smallest absolute Gasteiger partial charge is 0.208 e. The van der Waals surface area contributed by atoms with Crippen LogP contribution in [0.4, 0.5) is 5.13 Å². The summed E-state index contributed by atoms with van der Waals surface area (Å²) in [5, 5.41) is 19.9. The van der Waals surface area contributed by atoms with Gasteiger partial charge >= 0.3 is 0 Å². The summed E-state index contributed by atoms with van der Waals surface area (Å²) in [4.78, 5) is 4.86. The predicted molar refractivity (Wildman–Crippen MR) is 99.0 cm³/mol. The van der Waals surface area contributed by atoms with Gasteiger partial charge in [0.05, 0.1) is 6.54 Å². The van der Waals surface area contributed by atoms with Gasteiger partial charge in [0.2, 0.25) is 5.13 Å². The minimum Gasteiger partial charge on any atom is -0.346 e. The average molecular weight is 362 g/mol. The van der Waals surface area contributed by atoms with Crippen LogP contribution in [0, 0.1) is 0 Å². The minimum absolute atomic E-state index is 0.424. The lowest BCUT2D eigenvalue weighted by Gasteiger charge is -2.31. The molecule has 4 heterocycles. The Morgan fingerprint density at radius 1 is 1.04 bits per heavy atom. The largest absolute Gasteiger partial charge is 0.346 e. The molecule has 2 saturated heterocycles. The molecule has 7 nitrogen and oxygen atoms in total. The molecule has 0 aromatic carbocycles. The van der Waals surface area contributed by atoms with Crippen LogP contribution in [-0.4, -0.2) is 56.0 Å². The van der Waals surface area contributed by atoms with Gasteiger partial charge in [-0.3, -0.25) is 4.90 Å². The minimum atomic E-state index is 0.424. The summed E-state index contributed by atoms with van der Waals surface area (Å²) in [6, 6.07) is 0. The number of hydrogen-bond acceptors (Lipinski definition) is 7. The molecule has 0 bridgehead atoms. The van der Waals surface area contributed by atoms with Crippen molar-refractivity contribution in [2.24, 2.45) is 7.05 Å². The molecule has 2 aromatic heterocycles. The summed E-state index contributed by atoms with van der Waals surface area (Å²) in [6.07, 6.45) is 5.91. The Balaban J connectivity index is 1.46. The number of anilines is 1. The molecule has 0 spiro atoms. The second-order valence-electron chi connectivity index (χ2n) is 7.13. The number of hydrogen-bond donors (Lipinski definition) is 0. The van der Waals surface area contributed by atoms with Crippen molar-refractivity contribution in [1.29, 1.82) is 0 Å². The van der Waals surface area contributed by atoms with Crippen molar-refractivity contribution in [1.82, 2.24) is 29.9 Å². The van der Waals surface area contributed by atoms with E-state index < -0.39 is 0 Å². The van der Waals surface area contributed by atoms with E-state index in [-0.39, 0.29) is 0 Å². The first-order valence-electron chi connectivity index (χ1n) is 9.42. The Labute approximate surface area is 153 Å². The van der Waals surface area contributed by atoms with Crippen LogP contribution in [0.2, 0.25) is 0 Å². The molecule has 2 aliphatic rings. The monoisotopic (exact) mass is 361 g/mol. The Morgan fingerprint density at radius 3 is 2.64 bits per heavy atom. The van der Waals surface area contributed by atoms with E-state index in [9.17, 15) is 0 Å². The molecule has 0 aliphatic carbocycles. The SMILES string of the molecule is CCc1nnc(N2CCC[C@@H](c3nnc(CN4CCCC4)n3C)C2)s1. The molecular weight excluding hydrogens is 334 g/mol. The maximum Gasteiger partial charge on any atom is 0.208 e. The number of aryl methyl sites for hydroxylation is 1. The fourth-order valence-electron chi connectivity index (χ4n) is 3.89. The fourth-order valence-corrected chi connectivity index (χ4v) is 4.70. The van der Waals surface area contributed by atoms with Crippen molar-refractivity contribution < 1.29 is 0 Å². The third kappa shape index (κ3) is 3.55. The molecule has 25 heavy (non-hydrogen) atoms. The third-order valence-electron chi connectivity index (χ3n) is 5.38. The van der Waals surface area contributed by atoms with Gasteiger partial charge < -0.3 is 9.47 Å². The van der Waals surface area contributed by atoms with Crippen molar-refractivity contribution in [3.8, 4) is 0 Å². The summed E-state index contributed by atoms with van der Waals surface area (Å²) in [5.41, 5.74) is 0. The van der Waals surface area contributed by atoms with E-state index in [0.717, 1.165) is 47.8 Å². The van der Waals surface area contributed by atoms with Gasteiger partial charge in [-0.1, -0.05) is 18.3 Å². The summed E-state index contributed by atoms with van der Waals surface area (Å²) >= 11 is 1.72. The molecule has 0 radical (unpaired) electrons. The van der Waals surface area contributed by atoms with Gasteiger partial charge in [0.15, 0.2) is 0 Å². The summed E-state index contributed by atoms with van der Waals surface area (Å²) in [6.45, 7) is 7.47. The highest BCUT2D eigenvalue weighted by Crippen LogP contribution is 2.31. The first-order valence-corrected chi connectivity index (χ1v) is 10.2. The van der Waals surface area contributed by atoms with Gasteiger partial charge in [-0.25, -0.2) is 0 Å². The second-order valence-corrected chi connectivity index (χ2v) is 8.17. The zero-order valence-electron chi connectivity index (χ0n) is 15.2. The van der Waals surface area contributed by atoms with Crippen LogP contribution in [0.5, 0.6) is 0 Å². The Morgan fingerprint density at radius 2 is 1.88 bits per heavy atom. The van der Waals surface area contributed by atoms with Crippen LogP contribution < -0.4 is 4.90 Å². The lowest BCUT2D eigenvalue weighted by atomic mass is 9.97. The maximum atomic E-state index is 4.56. The predicted octanol–water partition coefficient (Wildman–Crippen LogP) is 2.21. The lowest BCUT2D eigenvalue weighted by molar-refractivity contribution is 0.317. The molecule has 0 saturated carbocycles. The third-order valence-corrected chi connectivity index (χ3v) is 6.51. The van der Waals surface area contributed by atoms with E-state index in [2.05, 4.69) is 48.7 Å². The van der Waals surface area contributed by atoms with Gasteiger partial charge in [0, 0.05) is 26.1 Å². The van der Waals surface area contributed by atoms with Crippen LogP contribution in [0.25, 0.3) is 0 Å². The molecule has 136 valence electrons. The second kappa shape index (κ2) is 7.37. The van der Waals surface area contributed by atoms with Crippen LogP contribution in [-0.2, 0) is 20.0 Å². The topological polar surface area (TPSA) is 63.0 Å². The summed E-state index contributed by atoms with van der Waals surface area (Å²) in [7, 11) is 2.12. The molecule has 2 fully saturated rings. The van der Waals surface area contributed by atoms with E-state index in [1.54, 1.807) is 11.3 Å². The first kappa shape index (κ1) is 16.9. The van der Waals surface area contributed by atoms with Gasteiger partial charge in [-0.05, 0) is 45.2 Å². The Kier molecular flexibility index (Phi) is 4.98. The number of nitrogens with zero attached hydrogens (tertiary/aromatic N) is 7. The van der Waals surface area contributed by atoms with E-state index in [1.807, 2.05) is 0 Å². The first-order chi connectivity index (χ1) is 12.2. The molecule has 0 unspecified atom stereocenters. The number of aromatic nitrogens is 5. The Bertz CT molecular complexity index is 704. The fraction of sp³-hybridized carbons (Fsp3) is 0.765. The van der Waals surface area contributed by atoms with Crippen molar-refractivity contribution in [3.05, 3.63) is 16.7 Å². The zero-order chi connectivity index (χ0) is 17.2. The van der Waals surface area contributed by atoms with Crippen LogP contribution in [0.1, 0.15) is 55.2 Å². The normalized spacial score (nSPS) is 22.0. The maximum absolute atomic E-state index is 4.56. The van der Waals surface area contributed by atoms with E-state index in [4.69, 9.17) is 0 Å². The number of likely N-dealkylation sites (tertiary alicyclic amines) is 1. The molecule has 0 amide bonds. The zero-order valence-corrected chi connectivity index (χ0v) is 16.0. The van der Waals surface area contributed by atoms with E-state index in [1.165, 1.54) is 38.8 Å². The van der Waals surface area contributed by atoms with Gasteiger partial charge in [0.1, 0.15) is 16.7 Å². The molecule has 8 heteroatoms. The van der Waals surface area contributed by atoms with Gasteiger partial charge in [-0.2, -0.15) is 0 Å². The quantitative estimate of drug-likeness (QED) is 0.814. The van der Waals surface area contributed by atoms with Gasteiger partial charge in [-0.15, -0.1) is 20.4 Å². The van der Waals surface area contributed by atoms with Crippen molar-refractivity contribution in [3.63, 3.8) is 0 Å². The summed E-state index contributed by atoms with van der Waals surface area (Å²) < 4.78 is 2.23. The van der Waals surface area contributed by atoms with Crippen molar-refractivity contribution in [2.75, 3.05) is 31.1 Å². The van der Waals surface area contributed by atoms with Crippen molar-refractivity contribution in [2.45, 2.75) is 51.5 Å². The average Bonchev–Trinajstić information content (AvgIpc) is 3.38. The van der Waals surface area contributed by atoms with Crippen molar-refractivity contribution >= 4 is 16.5 Å². The van der Waals surface area contributed by atoms with E-state index in [0.29, 0.717) is 5.92 Å². The van der Waals surface area contributed by atoms with Crippen LogP contribution >= 0.6 is 11.3 Å². The molecule has 0 N–H and O–H groups in total. The summed E-state index contributed by atoms with van der Waals surface area (Å²) in [5.74, 6) is 2.64. The van der Waals surface area contributed by atoms with E-state index >= 15 is 0 Å². The number of piperidine rings is 1. The molecular formula is C17H27N7S. The Hall–Kier alpha value is -1.54. The number of rotatable bonds is 5. The lowest BCUT2D eigenvalue weighted by Crippen LogP contribution is -2.35. The highest BCUT2D eigenvalue weighted by Gasteiger charge is 2.28. The van der Waals surface area contributed by atoms with Crippen LogP contribution in [0.15, 0.2) is 0 Å². The molecule has 4 rings (SSSR count).